The zero-order valence-corrected chi connectivity index (χ0v) is 12.2. The molecule has 0 heterocycles. The molecule has 4 heteroatoms. The highest BCUT2D eigenvalue weighted by Gasteiger charge is 2.11. The summed E-state index contributed by atoms with van der Waals surface area (Å²) < 4.78 is 5.99. The fraction of sp³-hybridized carbons (Fsp3) is 0.538. The second kappa shape index (κ2) is 6.53. The lowest BCUT2D eigenvalue weighted by molar-refractivity contribution is 0.340. The highest BCUT2D eigenvalue weighted by atomic mass is 35.5. The van der Waals surface area contributed by atoms with Crippen molar-refractivity contribution < 1.29 is 4.74 Å². The number of rotatable bonds is 5. The van der Waals surface area contributed by atoms with Crippen LogP contribution in [-0.2, 0) is 6.54 Å². The van der Waals surface area contributed by atoms with E-state index in [2.05, 4.69) is 20.8 Å². The van der Waals surface area contributed by atoms with E-state index in [1.165, 1.54) is 0 Å². The molecule has 1 rings (SSSR count). The number of nitrogens with two attached hydrogens (primary N) is 1. The summed E-state index contributed by atoms with van der Waals surface area (Å²) in [7, 11) is 0. The predicted molar refractivity (Wildman–Crippen MR) is 77.0 cm³/mol. The van der Waals surface area contributed by atoms with Gasteiger partial charge in [-0.05, 0) is 6.07 Å². The molecule has 0 unspecified atom stereocenters. The maximum absolute atomic E-state index is 6.09. The number of halogens is 1. The second-order valence-corrected chi connectivity index (χ2v) is 7.07. The molecule has 0 saturated carbocycles. The lowest BCUT2D eigenvalue weighted by Crippen LogP contribution is -2.12. The minimum Gasteiger partial charge on any atom is -0.491 e. The molecule has 0 saturated heterocycles. The molecule has 0 spiro atoms. The number of hydrogen-bond donors (Lipinski definition) is 1. The minimum atomic E-state index is 0.264. The van der Waals surface area contributed by atoms with Crippen LogP contribution in [0.1, 0.15) is 26.3 Å². The van der Waals surface area contributed by atoms with Crippen molar-refractivity contribution in [2.24, 2.45) is 5.73 Å². The zero-order valence-electron chi connectivity index (χ0n) is 10.6. The topological polar surface area (TPSA) is 35.2 Å². The molecule has 17 heavy (non-hydrogen) atoms. The smallest absolute Gasteiger partial charge is 0.142 e. The first kappa shape index (κ1) is 14.7. The summed E-state index contributed by atoms with van der Waals surface area (Å²) in [4.78, 5) is 0. The molecular weight excluding hydrogens is 254 g/mol. The number of benzene rings is 1. The molecule has 1 aromatic carbocycles. The van der Waals surface area contributed by atoms with Gasteiger partial charge in [-0.25, -0.2) is 0 Å². The standard InChI is InChI=1S/C13H20ClNOS/c1-13(2,3)17-8-7-16-12-10(9-15)5-4-6-11(12)14/h4-6H,7-9,15H2,1-3H3. The predicted octanol–water partition coefficient (Wildman–Crippen LogP) is 3.71. The highest BCUT2D eigenvalue weighted by Crippen LogP contribution is 2.29. The molecule has 0 aliphatic heterocycles. The van der Waals surface area contributed by atoms with E-state index in [1.807, 2.05) is 30.0 Å². The van der Waals surface area contributed by atoms with Crippen LogP contribution in [0.15, 0.2) is 18.2 Å². The van der Waals surface area contributed by atoms with E-state index in [4.69, 9.17) is 22.1 Å². The summed E-state index contributed by atoms with van der Waals surface area (Å²) in [6.45, 7) is 7.68. The Morgan fingerprint density at radius 2 is 2.06 bits per heavy atom. The Bertz CT molecular complexity index is 363. The van der Waals surface area contributed by atoms with Crippen LogP contribution in [0, 0.1) is 0 Å². The van der Waals surface area contributed by atoms with Gasteiger partial charge in [-0.3, -0.25) is 0 Å². The average Bonchev–Trinajstić information content (AvgIpc) is 2.24. The van der Waals surface area contributed by atoms with Crippen LogP contribution in [0.25, 0.3) is 0 Å². The van der Waals surface area contributed by atoms with Crippen LogP contribution < -0.4 is 10.5 Å². The third kappa shape index (κ3) is 5.19. The van der Waals surface area contributed by atoms with E-state index >= 15 is 0 Å². The van der Waals surface area contributed by atoms with E-state index in [-0.39, 0.29) is 4.75 Å². The van der Waals surface area contributed by atoms with Gasteiger partial charge in [0.1, 0.15) is 5.75 Å². The van der Waals surface area contributed by atoms with Crippen molar-refractivity contribution >= 4 is 23.4 Å². The molecule has 2 N–H and O–H groups in total. The summed E-state index contributed by atoms with van der Waals surface area (Å²) in [6.07, 6.45) is 0. The molecule has 0 atom stereocenters. The Kier molecular flexibility index (Phi) is 5.63. The lowest BCUT2D eigenvalue weighted by atomic mass is 10.2. The number of ether oxygens (including phenoxy) is 1. The van der Waals surface area contributed by atoms with Gasteiger partial charge in [0.15, 0.2) is 0 Å². The first-order chi connectivity index (χ1) is 7.94. The van der Waals surface area contributed by atoms with E-state index in [0.29, 0.717) is 18.2 Å². The van der Waals surface area contributed by atoms with E-state index in [0.717, 1.165) is 17.1 Å². The van der Waals surface area contributed by atoms with E-state index in [9.17, 15) is 0 Å². The first-order valence-corrected chi connectivity index (χ1v) is 7.04. The molecule has 0 aliphatic carbocycles. The van der Waals surface area contributed by atoms with Crippen molar-refractivity contribution in [3.63, 3.8) is 0 Å². The number of hydrogen-bond acceptors (Lipinski definition) is 3. The molecule has 0 bridgehead atoms. The third-order valence-electron chi connectivity index (χ3n) is 2.13. The van der Waals surface area contributed by atoms with Gasteiger partial charge in [0.25, 0.3) is 0 Å². The van der Waals surface area contributed by atoms with Crippen molar-refractivity contribution in [3.8, 4) is 5.75 Å². The fourth-order valence-corrected chi connectivity index (χ4v) is 2.40. The van der Waals surface area contributed by atoms with Crippen LogP contribution >= 0.6 is 23.4 Å². The van der Waals surface area contributed by atoms with Crippen molar-refractivity contribution in [3.05, 3.63) is 28.8 Å². The van der Waals surface area contributed by atoms with Crippen molar-refractivity contribution in [1.29, 1.82) is 0 Å². The van der Waals surface area contributed by atoms with E-state index in [1.54, 1.807) is 0 Å². The van der Waals surface area contributed by atoms with Crippen LogP contribution in [-0.4, -0.2) is 17.1 Å². The molecule has 0 fully saturated rings. The Hall–Kier alpha value is -0.380. The molecular formula is C13H20ClNOS. The Balaban J connectivity index is 2.52. The van der Waals surface area contributed by atoms with Crippen LogP contribution in [0.3, 0.4) is 0 Å². The van der Waals surface area contributed by atoms with Gasteiger partial charge in [0, 0.05) is 22.6 Å². The summed E-state index contributed by atoms with van der Waals surface area (Å²) >= 11 is 7.96. The lowest BCUT2D eigenvalue weighted by Gasteiger charge is -2.18. The first-order valence-electron chi connectivity index (χ1n) is 5.68. The Labute approximate surface area is 113 Å². The number of para-hydroxylation sites is 1. The SMILES string of the molecule is CC(C)(C)SCCOc1c(Cl)cccc1CN. The Morgan fingerprint density at radius 3 is 2.65 bits per heavy atom. The zero-order chi connectivity index (χ0) is 12.9. The summed E-state index contributed by atoms with van der Waals surface area (Å²) in [6, 6.07) is 5.66. The van der Waals surface area contributed by atoms with Gasteiger partial charge in [-0.15, -0.1) is 0 Å². The average molecular weight is 274 g/mol. The summed E-state index contributed by atoms with van der Waals surface area (Å²) in [5, 5.41) is 0.633. The molecule has 2 nitrogen and oxygen atoms in total. The van der Waals surface area contributed by atoms with Crippen molar-refractivity contribution in [1.82, 2.24) is 0 Å². The van der Waals surface area contributed by atoms with Crippen molar-refractivity contribution in [2.45, 2.75) is 32.1 Å². The van der Waals surface area contributed by atoms with Gasteiger partial charge in [0.2, 0.25) is 0 Å². The highest BCUT2D eigenvalue weighted by molar-refractivity contribution is 8.00. The summed E-state index contributed by atoms with van der Waals surface area (Å²) in [5.41, 5.74) is 6.61. The Morgan fingerprint density at radius 1 is 1.35 bits per heavy atom. The monoisotopic (exact) mass is 273 g/mol. The van der Waals surface area contributed by atoms with Crippen molar-refractivity contribution in [2.75, 3.05) is 12.4 Å². The van der Waals surface area contributed by atoms with Crippen LogP contribution in [0.2, 0.25) is 5.02 Å². The van der Waals surface area contributed by atoms with Gasteiger partial charge in [-0.2, -0.15) is 11.8 Å². The molecule has 1 aromatic rings. The van der Waals surface area contributed by atoms with Gasteiger partial charge < -0.3 is 10.5 Å². The fourth-order valence-electron chi connectivity index (χ4n) is 1.37. The maximum atomic E-state index is 6.09. The second-order valence-electron chi connectivity index (χ2n) is 4.74. The normalized spacial score (nSPS) is 11.6. The van der Waals surface area contributed by atoms with Gasteiger partial charge >= 0.3 is 0 Å². The maximum Gasteiger partial charge on any atom is 0.142 e. The molecule has 0 aromatic heterocycles. The van der Waals surface area contributed by atoms with Gasteiger partial charge in [-0.1, -0.05) is 44.5 Å². The molecule has 0 aliphatic rings. The number of thioether (sulfide) groups is 1. The van der Waals surface area contributed by atoms with Crippen LogP contribution in [0.5, 0.6) is 5.75 Å². The molecule has 0 radical (unpaired) electrons. The van der Waals surface area contributed by atoms with Gasteiger partial charge in [0.05, 0.1) is 11.6 Å². The molecule has 0 amide bonds. The third-order valence-corrected chi connectivity index (χ3v) is 3.67. The summed E-state index contributed by atoms with van der Waals surface area (Å²) in [5.74, 6) is 1.67. The molecule has 96 valence electrons. The van der Waals surface area contributed by atoms with E-state index < -0.39 is 0 Å². The minimum absolute atomic E-state index is 0.264. The van der Waals surface area contributed by atoms with Crippen LogP contribution in [0.4, 0.5) is 0 Å². The largest absolute Gasteiger partial charge is 0.491 e. The quantitative estimate of drug-likeness (QED) is 0.831.